The van der Waals surface area contributed by atoms with Gasteiger partial charge in [-0.1, -0.05) is 53.4 Å². The number of carbonyl (C=O) groups excluding carboxylic acids is 1. The molecule has 3 N–H and O–H groups in total. The summed E-state index contributed by atoms with van der Waals surface area (Å²) in [5.74, 6) is 5.51. The number of aromatic nitrogens is 3. The number of hydrogen-bond acceptors (Lipinski definition) is 6. The number of rotatable bonds is 5. The molecule has 9 heteroatoms. The Labute approximate surface area is 162 Å². The number of fused-ring (bicyclic) bond motifs is 1. The molecule has 0 radical (unpaired) electrons. The first-order valence-corrected chi connectivity index (χ1v) is 9.77. The molecule has 1 amide bonds. The van der Waals surface area contributed by atoms with E-state index in [9.17, 15) is 9.18 Å². The van der Waals surface area contributed by atoms with Crippen LogP contribution in [0.4, 0.5) is 9.52 Å². The molecule has 0 spiro atoms. The number of thiazole rings is 1. The Kier molecular flexibility index (Phi) is 4.78. The fraction of sp³-hybridized carbons (Fsp3) is 0.0556. The van der Waals surface area contributed by atoms with E-state index in [1.54, 1.807) is 12.3 Å². The summed E-state index contributed by atoms with van der Waals surface area (Å²) in [6.45, 7) is 0. The Bertz CT molecular complexity index is 1110. The maximum absolute atomic E-state index is 13.2. The van der Waals surface area contributed by atoms with Crippen LogP contribution in [0.25, 0.3) is 21.5 Å². The van der Waals surface area contributed by atoms with E-state index in [0.29, 0.717) is 20.5 Å². The zero-order valence-electron chi connectivity index (χ0n) is 13.9. The molecule has 2 aromatic heterocycles. The van der Waals surface area contributed by atoms with Crippen LogP contribution in [0.2, 0.25) is 0 Å². The highest BCUT2D eigenvalue weighted by Crippen LogP contribution is 2.27. The Hall–Kier alpha value is -2.91. The monoisotopic (exact) mass is 399 g/mol. The zero-order chi connectivity index (χ0) is 18.8. The van der Waals surface area contributed by atoms with E-state index in [-0.39, 0.29) is 17.5 Å². The van der Waals surface area contributed by atoms with Gasteiger partial charge in [0, 0.05) is 5.56 Å². The summed E-state index contributed by atoms with van der Waals surface area (Å²) in [7, 11) is 0. The molecule has 0 atom stereocenters. The predicted octanol–water partition coefficient (Wildman–Crippen LogP) is 3.74. The molecular weight excluding hydrogens is 385 g/mol. The number of hydrogen-bond donors (Lipinski definition) is 2. The van der Waals surface area contributed by atoms with Crippen LogP contribution in [0.15, 0.2) is 59.9 Å². The van der Waals surface area contributed by atoms with Gasteiger partial charge in [0.2, 0.25) is 5.91 Å². The third-order valence-corrected chi connectivity index (χ3v) is 5.60. The summed E-state index contributed by atoms with van der Waals surface area (Å²) >= 11 is 2.46. The largest absolute Gasteiger partial charge is 0.337 e. The Morgan fingerprint density at radius 1 is 1.22 bits per heavy atom. The summed E-state index contributed by atoms with van der Waals surface area (Å²) in [6, 6.07) is 14.0. The first kappa shape index (κ1) is 17.5. The quantitative estimate of drug-likeness (QED) is 0.394. The number of halogens is 1. The number of nitrogens with zero attached hydrogens (tertiary/aromatic N) is 3. The fourth-order valence-electron chi connectivity index (χ4n) is 2.47. The SMILES string of the molecule is Nn1cc(-c2ccccc2)nc1SCC(=O)Nc1nc2ccc(F)cc2s1. The minimum absolute atomic E-state index is 0.132. The first-order valence-electron chi connectivity index (χ1n) is 7.97. The molecule has 0 aliphatic rings. The maximum Gasteiger partial charge on any atom is 0.236 e. The number of nitrogen functional groups attached to an aromatic ring is 1. The second-order valence-corrected chi connectivity index (χ2v) is 7.62. The lowest BCUT2D eigenvalue weighted by atomic mass is 10.2. The standard InChI is InChI=1S/C18H14FN5OS2/c19-12-6-7-13-15(8-12)27-17(21-13)23-16(25)10-26-18-22-14(9-24(18)20)11-4-2-1-3-5-11/h1-9H,10,20H2,(H,21,23,25). The lowest BCUT2D eigenvalue weighted by Gasteiger charge is -2.01. The van der Waals surface area contributed by atoms with E-state index in [4.69, 9.17) is 5.84 Å². The van der Waals surface area contributed by atoms with Gasteiger partial charge >= 0.3 is 0 Å². The fourth-order valence-corrected chi connectivity index (χ4v) is 4.07. The van der Waals surface area contributed by atoms with Gasteiger partial charge in [0.25, 0.3) is 0 Å². The Morgan fingerprint density at radius 2 is 2.04 bits per heavy atom. The lowest BCUT2D eigenvalue weighted by molar-refractivity contribution is -0.113. The average Bonchev–Trinajstić information content (AvgIpc) is 3.23. The van der Waals surface area contributed by atoms with Crippen molar-refractivity contribution in [1.29, 1.82) is 0 Å². The maximum atomic E-state index is 13.2. The van der Waals surface area contributed by atoms with Crippen LogP contribution in [0.5, 0.6) is 0 Å². The summed E-state index contributed by atoms with van der Waals surface area (Å²) in [5, 5.41) is 3.70. The van der Waals surface area contributed by atoms with Gasteiger partial charge in [0.1, 0.15) is 5.82 Å². The molecule has 0 aliphatic carbocycles. The van der Waals surface area contributed by atoms with Crippen molar-refractivity contribution in [1.82, 2.24) is 14.6 Å². The number of nitrogens with two attached hydrogens (primary N) is 1. The van der Waals surface area contributed by atoms with Crippen LogP contribution in [-0.4, -0.2) is 26.3 Å². The van der Waals surface area contributed by atoms with Crippen LogP contribution in [0.3, 0.4) is 0 Å². The molecule has 0 bridgehead atoms. The molecular formula is C18H14FN5OS2. The highest BCUT2D eigenvalue weighted by Gasteiger charge is 2.13. The van der Waals surface area contributed by atoms with Crippen molar-refractivity contribution in [2.24, 2.45) is 0 Å². The van der Waals surface area contributed by atoms with Gasteiger partial charge in [-0.3, -0.25) is 4.79 Å². The van der Waals surface area contributed by atoms with Crippen LogP contribution >= 0.6 is 23.1 Å². The molecule has 27 heavy (non-hydrogen) atoms. The van der Waals surface area contributed by atoms with E-state index in [2.05, 4.69) is 15.3 Å². The molecule has 6 nitrogen and oxygen atoms in total. The van der Waals surface area contributed by atoms with Crippen molar-refractivity contribution in [3.8, 4) is 11.3 Å². The van der Waals surface area contributed by atoms with Gasteiger partial charge in [-0.05, 0) is 18.2 Å². The third kappa shape index (κ3) is 3.93. The number of nitrogens with one attached hydrogen (secondary N) is 1. The van der Waals surface area contributed by atoms with Crippen molar-refractivity contribution in [3.63, 3.8) is 0 Å². The average molecular weight is 399 g/mol. The molecule has 0 saturated heterocycles. The van der Waals surface area contributed by atoms with Crippen LogP contribution in [-0.2, 0) is 4.79 Å². The van der Waals surface area contributed by atoms with Gasteiger partial charge in [0.05, 0.1) is 27.9 Å². The number of carbonyl (C=O) groups is 1. The molecule has 2 heterocycles. The highest BCUT2D eigenvalue weighted by atomic mass is 32.2. The number of amides is 1. The van der Waals surface area contributed by atoms with Gasteiger partial charge in [-0.25, -0.2) is 19.0 Å². The normalized spacial score (nSPS) is 11.0. The van der Waals surface area contributed by atoms with Crippen LogP contribution in [0.1, 0.15) is 0 Å². The molecule has 0 saturated carbocycles. The van der Waals surface area contributed by atoms with E-state index in [1.165, 1.54) is 39.9 Å². The van der Waals surface area contributed by atoms with Gasteiger partial charge in [-0.2, -0.15) is 0 Å². The first-order chi connectivity index (χ1) is 13.1. The van der Waals surface area contributed by atoms with Gasteiger partial charge in [-0.15, -0.1) is 0 Å². The van der Waals surface area contributed by atoms with E-state index >= 15 is 0 Å². The third-order valence-electron chi connectivity index (χ3n) is 3.70. The molecule has 0 unspecified atom stereocenters. The molecule has 0 fully saturated rings. The van der Waals surface area contributed by atoms with Crippen molar-refractivity contribution in [3.05, 3.63) is 60.5 Å². The Morgan fingerprint density at radius 3 is 2.85 bits per heavy atom. The van der Waals surface area contributed by atoms with E-state index in [0.717, 1.165) is 11.3 Å². The second kappa shape index (κ2) is 7.37. The van der Waals surface area contributed by atoms with E-state index < -0.39 is 0 Å². The van der Waals surface area contributed by atoms with Gasteiger partial charge < -0.3 is 11.2 Å². The highest BCUT2D eigenvalue weighted by molar-refractivity contribution is 7.99. The smallest absolute Gasteiger partial charge is 0.236 e. The number of benzene rings is 2. The summed E-state index contributed by atoms with van der Waals surface area (Å²) < 4.78 is 15.3. The number of imidazole rings is 1. The zero-order valence-corrected chi connectivity index (χ0v) is 15.6. The van der Waals surface area contributed by atoms with Crippen molar-refractivity contribution in [2.75, 3.05) is 16.9 Å². The minimum atomic E-state index is -0.330. The summed E-state index contributed by atoms with van der Waals surface area (Å²) in [6.07, 6.45) is 1.72. The minimum Gasteiger partial charge on any atom is -0.337 e. The van der Waals surface area contributed by atoms with Crippen molar-refractivity contribution < 1.29 is 9.18 Å². The second-order valence-electron chi connectivity index (χ2n) is 5.65. The van der Waals surface area contributed by atoms with Crippen LogP contribution in [0, 0.1) is 5.82 Å². The van der Waals surface area contributed by atoms with Crippen LogP contribution < -0.4 is 11.2 Å². The van der Waals surface area contributed by atoms with Gasteiger partial charge in [0.15, 0.2) is 10.3 Å². The Balaban J connectivity index is 1.41. The predicted molar refractivity (Wildman–Crippen MR) is 107 cm³/mol. The topological polar surface area (TPSA) is 85.8 Å². The molecule has 0 aliphatic heterocycles. The number of anilines is 1. The molecule has 4 aromatic rings. The van der Waals surface area contributed by atoms with Crippen molar-refractivity contribution >= 4 is 44.4 Å². The number of thioether (sulfide) groups is 1. The molecule has 4 rings (SSSR count). The molecule has 2 aromatic carbocycles. The molecule has 136 valence electrons. The van der Waals surface area contributed by atoms with Crippen molar-refractivity contribution in [2.45, 2.75) is 5.16 Å². The summed E-state index contributed by atoms with van der Waals surface area (Å²) in [5.41, 5.74) is 2.35. The lowest BCUT2D eigenvalue weighted by Crippen LogP contribution is -2.15. The summed E-state index contributed by atoms with van der Waals surface area (Å²) in [4.78, 5) is 20.9. The van der Waals surface area contributed by atoms with E-state index in [1.807, 2.05) is 30.3 Å².